The lowest BCUT2D eigenvalue weighted by molar-refractivity contribution is -0.149. The molecule has 5 nitrogen and oxygen atoms in total. The van der Waals surface area contributed by atoms with Gasteiger partial charge in [-0.25, -0.2) is 4.79 Å². The number of carbonyl (C=O) groups excluding carboxylic acids is 2. The second-order valence-electron chi connectivity index (χ2n) is 5.52. The number of amides is 1. The maximum absolute atomic E-state index is 11.9. The Bertz CT molecular complexity index is 942. The number of esters is 1. The third-order valence-electron chi connectivity index (χ3n) is 3.55. The van der Waals surface area contributed by atoms with Gasteiger partial charge in [0.15, 0.2) is 13.2 Å². The summed E-state index contributed by atoms with van der Waals surface area (Å²) in [6, 6.07) is 20.1. The summed E-state index contributed by atoms with van der Waals surface area (Å²) in [5.74, 6) is -0.606. The fraction of sp³-hybridized carbons (Fsp3) is 0.100. The molecular formula is C20H16ClNO4. The molecule has 6 heteroatoms. The number of hydrogen-bond acceptors (Lipinski definition) is 4. The predicted molar refractivity (Wildman–Crippen MR) is 100 cm³/mol. The van der Waals surface area contributed by atoms with Crippen molar-refractivity contribution in [3.05, 3.63) is 71.8 Å². The maximum atomic E-state index is 11.9. The normalized spacial score (nSPS) is 10.3. The Morgan fingerprint density at radius 1 is 0.885 bits per heavy atom. The molecule has 0 radical (unpaired) electrons. The summed E-state index contributed by atoms with van der Waals surface area (Å²) in [6.07, 6.45) is 0. The van der Waals surface area contributed by atoms with Crippen LogP contribution in [0.15, 0.2) is 66.7 Å². The van der Waals surface area contributed by atoms with Gasteiger partial charge in [-0.3, -0.25) is 4.79 Å². The van der Waals surface area contributed by atoms with Crippen molar-refractivity contribution in [3.8, 4) is 5.75 Å². The van der Waals surface area contributed by atoms with Crippen LogP contribution in [-0.2, 0) is 14.3 Å². The highest BCUT2D eigenvalue weighted by Gasteiger charge is 2.09. The van der Waals surface area contributed by atoms with E-state index in [0.29, 0.717) is 16.5 Å². The molecular weight excluding hydrogens is 354 g/mol. The first kappa shape index (κ1) is 17.8. The van der Waals surface area contributed by atoms with Crippen LogP contribution in [0.1, 0.15) is 0 Å². The van der Waals surface area contributed by atoms with E-state index < -0.39 is 11.9 Å². The van der Waals surface area contributed by atoms with Gasteiger partial charge < -0.3 is 14.8 Å². The van der Waals surface area contributed by atoms with E-state index in [1.165, 1.54) is 0 Å². The molecule has 1 N–H and O–H groups in total. The van der Waals surface area contributed by atoms with E-state index >= 15 is 0 Å². The molecule has 3 rings (SSSR count). The van der Waals surface area contributed by atoms with Gasteiger partial charge >= 0.3 is 5.97 Å². The van der Waals surface area contributed by atoms with Crippen LogP contribution in [0.25, 0.3) is 10.8 Å². The molecule has 0 fully saturated rings. The molecule has 0 aliphatic carbocycles. The van der Waals surface area contributed by atoms with E-state index in [2.05, 4.69) is 5.32 Å². The minimum Gasteiger partial charge on any atom is -0.482 e. The second-order valence-corrected chi connectivity index (χ2v) is 5.95. The van der Waals surface area contributed by atoms with Crippen molar-refractivity contribution in [3.63, 3.8) is 0 Å². The molecule has 0 saturated heterocycles. The Balaban J connectivity index is 1.46. The van der Waals surface area contributed by atoms with Crippen LogP contribution >= 0.6 is 11.6 Å². The van der Waals surface area contributed by atoms with Crippen LogP contribution in [0.3, 0.4) is 0 Å². The number of carbonyl (C=O) groups is 2. The van der Waals surface area contributed by atoms with Gasteiger partial charge in [0.1, 0.15) is 5.75 Å². The Hall–Kier alpha value is -3.05. The van der Waals surface area contributed by atoms with Crippen molar-refractivity contribution in [2.75, 3.05) is 18.5 Å². The van der Waals surface area contributed by atoms with Crippen molar-refractivity contribution in [1.29, 1.82) is 0 Å². The zero-order chi connectivity index (χ0) is 18.4. The standard InChI is InChI=1S/C20H16ClNO4/c21-16-6-3-7-18(11-16)25-13-20(24)26-12-19(23)22-17-9-8-14-4-1-2-5-15(14)10-17/h1-11H,12-13H2,(H,22,23). The molecule has 0 bridgehead atoms. The first-order valence-corrected chi connectivity index (χ1v) is 8.30. The number of ether oxygens (including phenoxy) is 2. The molecule has 0 heterocycles. The third-order valence-corrected chi connectivity index (χ3v) is 3.79. The fourth-order valence-electron chi connectivity index (χ4n) is 2.35. The van der Waals surface area contributed by atoms with Crippen LogP contribution in [0, 0.1) is 0 Å². The lowest BCUT2D eigenvalue weighted by Gasteiger charge is -2.08. The highest BCUT2D eigenvalue weighted by molar-refractivity contribution is 6.30. The van der Waals surface area contributed by atoms with E-state index in [4.69, 9.17) is 21.1 Å². The van der Waals surface area contributed by atoms with Gasteiger partial charge in [0.25, 0.3) is 5.91 Å². The summed E-state index contributed by atoms with van der Waals surface area (Å²) in [5.41, 5.74) is 0.639. The van der Waals surface area contributed by atoms with Gasteiger partial charge in [0.2, 0.25) is 0 Å². The molecule has 0 unspecified atom stereocenters. The second kappa shape index (κ2) is 8.36. The first-order chi connectivity index (χ1) is 12.6. The van der Waals surface area contributed by atoms with E-state index in [9.17, 15) is 9.59 Å². The van der Waals surface area contributed by atoms with Gasteiger partial charge in [-0.15, -0.1) is 0 Å². The molecule has 0 spiro atoms. The molecule has 0 aromatic heterocycles. The van der Waals surface area contributed by atoms with Crippen LogP contribution in [0.4, 0.5) is 5.69 Å². The van der Waals surface area contributed by atoms with E-state index in [1.54, 1.807) is 30.3 Å². The topological polar surface area (TPSA) is 64.6 Å². The predicted octanol–water partition coefficient (Wildman–Crippen LogP) is 4.05. The number of rotatable bonds is 6. The molecule has 0 atom stereocenters. The van der Waals surface area contributed by atoms with E-state index in [0.717, 1.165) is 10.8 Å². The Morgan fingerprint density at radius 2 is 1.69 bits per heavy atom. The number of nitrogens with one attached hydrogen (secondary N) is 1. The SMILES string of the molecule is O=C(COC(=O)COc1cccc(Cl)c1)Nc1ccc2ccccc2c1. The number of benzene rings is 3. The number of halogens is 1. The van der Waals surface area contributed by atoms with Gasteiger partial charge in [-0.05, 0) is 41.1 Å². The van der Waals surface area contributed by atoms with Gasteiger partial charge in [0, 0.05) is 10.7 Å². The van der Waals surface area contributed by atoms with Crippen molar-refractivity contribution in [2.24, 2.45) is 0 Å². The maximum Gasteiger partial charge on any atom is 0.344 e. The quantitative estimate of drug-likeness (QED) is 0.666. The zero-order valence-corrected chi connectivity index (χ0v) is 14.5. The van der Waals surface area contributed by atoms with Gasteiger partial charge in [0.05, 0.1) is 0 Å². The van der Waals surface area contributed by atoms with Crippen molar-refractivity contribution in [1.82, 2.24) is 0 Å². The van der Waals surface area contributed by atoms with E-state index in [1.807, 2.05) is 36.4 Å². The summed E-state index contributed by atoms with van der Waals surface area (Å²) < 4.78 is 10.2. The van der Waals surface area contributed by atoms with Crippen LogP contribution in [0.5, 0.6) is 5.75 Å². The molecule has 0 saturated carbocycles. The van der Waals surface area contributed by atoms with Gasteiger partial charge in [-0.1, -0.05) is 48.0 Å². The molecule has 3 aromatic carbocycles. The summed E-state index contributed by atoms with van der Waals surface area (Å²) >= 11 is 5.83. The molecule has 3 aromatic rings. The number of anilines is 1. The minimum absolute atomic E-state index is 0.302. The lowest BCUT2D eigenvalue weighted by Crippen LogP contribution is -2.23. The first-order valence-electron chi connectivity index (χ1n) is 7.93. The van der Waals surface area contributed by atoms with Crippen molar-refractivity contribution in [2.45, 2.75) is 0 Å². The Kier molecular flexibility index (Phi) is 5.71. The van der Waals surface area contributed by atoms with E-state index in [-0.39, 0.29) is 13.2 Å². The Morgan fingerprint density at radius 3 is 2.50 bits per heavy atom. The third kappa shape index (κ3) is 4.97. The van der Waals surface area contributed by atoms with Crippen LogP contribution in [0.2, 0.25) is 5.02 Å². The number of hydrogen-bond donors (Lipinski definition) is 1. The summed E-state index contributed by atoms with van der Waals surface area (Å²) in [5, 5.41) is 5.29. The minimum atomic E-state index is -0.640. The summed E-state index contributed by atoms with van der Waals surface area (Å²) in [7, 11) is 0. The van der Waals surface area contributed by atoms with Crippen molar-refractivity contribution < 1.29 is 19.1 Å². The lowest BCUT2D eigenvalue weighted by atomic mass is 10.1. The average molecular weight is 370 g/mol. The Labute approximate surface area is 155 Å². The number of fused-ring (bicyclic) bond motifs is 1. The summed E-state index contributed by atoms with van der Waals surface area (Å²) in [6.45, 7) is -0.686. The zero-order valence-electron chi connectivity index (χ0n) is 13.8. The van der Waals surface area contributed by atoms with Crippen LogP contribution < -0.4 is 10.1 Å². The molecule has 0 aliphatic rings. The van der Waals surface area contributed by atoms with Crippen LogP contribution in [-0.4, -0.2) is 25.1 Å². The smallest absolute Gasteiger partial charge is 0.344 e. The average Bonchev–Trinajstić information content (AvgIpc) is 2.65. The molecule has 1 amide bonds. The highest BCUT2D eigenvalue weighted by Crippen LogP contribution is 2.19. The summed E-state index contributed by atoms with van der Waals surface area (Å²) in [4.78, 5) is 23.6. The highest BCUT2D eigenvalue weighted by atomic mass is 35.5. The monoisotopic (exact) mass is 369 g/mol. The molecule has 0 aliphatic heterocycles. The van der Waals surface area contributed by atoms with Gasteiger partial charge in [-0.2, -0.15) is 0 Å². The molecule has 26 heavy (non-hydrogen) atoms. The van der Waals surface area contributed by atoms with Crippen molar-refractivity contribution >= 4 is 39.9 Å². The largest absolute Gasteiger partial charge is 0.482 e. The molecule has 132 valence electrons. The fourth-order valence-corrected chi connectivity index (χ4v) is 2.53.